The average Bonchev–Trinajstić information content (AvgIpc) is 3.28. The Hall–Kier alpha value is -4.43. The summed E-state index contributed by atoms with van der Waals surface area (Å²) in [4.78, 5) is 32.5. The molecule has 0 aliphatic rings. The van der Waals surface area contributed by atoms with Gasteiger partial charge in [0.05, 0.1) is 30.3 Å². The molecule has 15 heteroatoms. The van der Waals surface area contributed by atoms with E-state index in [0.717, 1.165) is 24.3 Å². The van der Waals surface area contributed by atoms with Crippen molar-refractivity contribution in [1.29, 1.82) is 0 Å². The number of nitrogens with zero attached hydrogens (tertiary/aromatic N) is 2. The number of nitrogen functional groups attached to an aromatic ring is 1. The fourth-order valence-electron chi connectivity index (χ4n) is 4.01. The molecule has 0 fully saturated rings. The van der Waals surface area contributed by atoms with Crippen molar-refractivity contribution in [3.63, 3.8) is 0 Å². The summed E-state index contributed by atoms with van der Waals surface area (Å²) >= 11 is 6.09. The van der Waals surface area contributed by atoms with Gasteiger partial charge in [-0.3, -0.25) is 9.59 Å². The van der Waals surface area contributed by atoms with Crippen LogP contribution in [0.3, 0.4) is 0 Å². The van der Waals surface area contributed by atoms with E-state index in [9.17, 15) is 32.3 Å². The lowest BCUT2D eigenvalue weighted by molar-refractivity contribution is -0.265. The number of anilines is 1. The second-order valence-corrected chi connectivity index (χ2v) is 9.23. The number of primary amides is 1. The number of carbonyl (C=O) groups excluding carboxylic acids is 2. The minimum atomic E-state index is -5.38. The Kier molecular flexibility index (Phi) is 8.08. The Morgan fingerprint density at radius 2 is 1.83 bits per heavy atom. The number of oxazole rings is 1. The van der Waals surface area contributed by atoms with E-state index in [-0.39, 0.29) is 56.9 Å². The van der Waals surface area contributed by atoms with E-state index >= 15 is 0 Å². The smallest absolute Gasteiger partial charge is 0.424 e. The van der Waals surface area contributed by atoms with Crippen LogP contribution in [-0.2, 0) is 16.8 Å². The van der Waals surface area contributed by atoms with Gasteiger partial charge in [0, 0.05) is 16.7 Å². The number of hydrogen-bond donors (Lipinski definition) is 4. The van der Waals surface area contributed by atoms with Crippen molar-refractivity contribution < 1.29 is 41.4 Å². The summed E-state index contributed by atoms with van der Waals surface area (Å²) in [7, 11) is 0. The molecular weight excluding hydrogens is 574 g/mol. The van der Waals surface area contributed by atoms with Crippen LogP contribution in [0.2, 0.25) is 5.02 Å². The number of benzene rings is 2. The molecule has 10 nitrogen and oxygen atoms in total. The predicted molar refractivity (Wildman–Crippen MR) is 139 cm³/mol. The van der Waals surface area contributed by atoms with E-state index in [0.29, 0.717) is 0 Å². The molecule has 0 spiro atoms. The third kappa shape index (κ3) is 6.02. The van der Waals surface area contributed by atoms with Crippen LogP contribution in [0.5, 0.6) is 5.75 Å². The fourth-order valence-corrected chi connectivity index (χ4v) is 4.26. The molecule has 41 heavy (non-hydrogen) atoms. The maximum atomic E-state index is 14.5. The zero-order valence-corrected chi connectivity index (χ0v) is 21.9. The first-order valence-electron chi connectivity index (χ1n) is 11.9. The number of alkyl halides is 3. The van der Waals surface area contributed by atoms with Crippen LogP contribution in [0, 0.1) is 5.82 Å². The van der Waals surface area contributed by atoms with Gasteiger partial charge in [-0.15, -0.1) is 0 Å². The quantitative estimate of drug-likeness (QED) is 0.212. The molecule has 0 unspecified atom stereocenters. The molecule has 2 heterocycles. The van der Waals surface area contributed by atoms with E-state index in [1.807, 2.05) is 5.32 Å². The third-order valence-corrected chi connectivity index (χ3v) is 6.23. The summed E-state index contributed by atoms with van der Waals surface area (Å²) in [6, 6.07) is 7.46. The molecule has 2 aromatic heterocycles. The number of amides is 2. The molecule has 0 aliphatic carbocycles. The second-order valence-electron chi connectivity index (χ2n) is 8.82. The van der Waals surface area contributed by atoms with E-state index in [1.54, 1.807) is 6.92 Å². The van der Waals surface area contributed by atoms with Crippen LogP contribution in [0.15, 0.2) is 46.9 Å². The Morgan fingerprint density at radius 3 is 2.44 bits per heavy atom. The molecule has 6 N–H and O–H groups in total. The van der Waals surface area contributed by atoms with Crippen molar-refractivity contribution in [1.82, 2.24) is 15.3 Å². The van der Waals surface area contributed by atoms with Gasteiger partial charge >= 0.3 is 6.18 Å². The molecule has 4 rings (SSSR count). The van der Waals surface area contributed by atoms with Crippen LogP contribution in [0.1, 0.15) is 28.5 Å². The number of fused-ring (bicyclic) bond motifs is 1. The summed E-state index contributed by atoms with van der Waals surface area (Å²) in [5.74, 6) is -2.66. The number of ether oxygens (including phenoxy) is 1. The summed E-state index contributed by atoms with van der Waals surface area (Å²) in [5.41, 5.74) is 5.83. The minimum Gasteiger partial charge on any atom is -0.491 e. The SMILES string of the molecule is CCOc1c(CC(N)=O)cc([C@@](O)(CNC(=O)c2cc(Cl)c3nc(N)oc3c2)C(F)(F)F)nc1-c1ccc(F)cc1. The largest absolute Gasteiger partial charge is 0.491 e. The lowest BCUT2D eigenvalue weighted by Crippen LogP contribution is -2.51. The summed E-state index contributed by atoms with van der Waals surface area (Å²) in [6.07, 6.45) is -5.95. The average molecular weight is 596 g/mol. The molecule has 0 saturated carbocycles. The van der Waals surface area contributed by atoms with Gasteiger partial charge in [0.1, 0.15) is 22.8 Å². The molecule has 216 valence electrons. The maximum Gasteiger partial charge on any atom is 0.424 e. The highest BCUT2D eigenvalue weighted by molar-refractivity contribution is 6.35. The van der Waals surface area contributed by atoms with E-state index in [4.69, 9.17) is 32.2 Å². The van der Waals surface area contributed by atoms with Crippen molar-refractivity contribution in [3.8, 4) is 17.0 Å². The first kappa shape index (κ1) is 29.6. The first-order valence-corrected chi connectivity index (χ1v) is 12.3. The van der Waals surface area contributed by atoms with E-state index < -0.39 is 48.1 Å². The number of nitrogens with two attached hydrogens (primary N) is 2. The van der Waals surface area contributed by atoms with Crippen molar-refractivity contribution >= 4 is 40.5 Å². The number of rotatable bonds is 9. The van der Waals surface area contributed by atoms with E-state index in [2.05, 4.69) is 9.97 Å². The molecule has 0 saturated heterocycles. The Bertz CT molecular complexity index is 1630. The molecular formula is C26H22ClF4N5O5. The zero-order valence-electron chi connectivity index (χ0n) is 21.2. The zero-order chi connectivity index (χ0) is 30.1. The number of halogens is 5. The van der Waals surface area contributed by atoms with Crippen molar-refractivity contribution in [2.24, 2.45) is 5.73 Å². The highest BCUT2D eigenvalue weighted by atomic mass is 35.5. The Morgan fingerprint density at radius 1 is 1.15 bits per heavy atom. The van der Waals surface area contributed by atoms with Gasteiger partial charge in [0.15, 0.2) is 5.58 Å². The van der Waals surface area contributed by atoms with Crippen LogP contribution >= 0.6 is 11.6 Å². The Balaban J connectivity index is 1.80. The molecule has 2 aromatic carbocycles. The summed E-state index contributed by atoms with van der Waals surface area (Å²) < 4.78 is 67.7. The number of hydrogen-bond acceptors (Lipinski definition) is 8. The minimum absolute atomic E-state index is 0.0134. The van der Waals surface area contributed by atoms with Gasteiger partial charge in [0.2, 0.25) is 11.5 Å². The second kappa shape index (κ2) is 11.2. The summed E-state index contributed by atoms with van der Waals surface area (Å²) in [5, 5.41) is 13.0. The van der Waals surface area contributed by atoms with Gasteiger partial charge in [0.25, 0.3) is 11.9 Å². The van der Waals surface area contributed by atoms with Gasteiger partial charge in [-0.2, -0.15) is 18.2 Å². The molecule has 0 aliphatic heterocycles. The van der Waals surface area contributed by atoms with Crippen LogP contribution < -0.4 is 21.5 Å². The van der Waals surface area contributed by atoms with Gasteiger partial charge < -0.3 is 31.0 Å². The lowest BCUT2D eigenvalue weighted by Gasteiger charge is -2.31. The van der Waals surface area contributed by atoms with Crippen molar-refractivity contribution in [2.45, 2.75) is 25.1 Å². The number of carbonyl (C=O) groups is 2. The van der Waals surface area contributed by atoms with E-state index in [1.165, 1.54) is 18.2 Å². The summed E-state index contributed by atoms with van der Waals surface area (Å²) in [6.45, 7) is 0.225. The fraction of sp³-hybridized carbons (Fsp3) is 0.231. The van der Waals surface area contributed by atoms with Gasteiger partial charge in [-0.1, -0.05) is 11.6 Å². The number of aromatic nitrogens is 2. The molecule has 0 radical (unpaired) electrons. The van der Waals surface area contributed by atoms with Crippen molar-refractivity contribution in [3.05, 3.63) is 70.1 Å². The number of nitrogens with one attached hydrogen (secondary N) is 1. The number of pyridine rings is 1. The highest BCUT2D eigenvalue weighted by Crippen LogP contribution is 2.42. The molecule has 0 bridgehead atoms. The first-order chi connectivity index (χ1) is 19.2. The lowest BCUT2D eigenvalue weighted by atomic mass is 9.93. The Labute approximate surface area is 234 Å². The van der Waals surface area contributed by atoms with Crippen LogP contribution in [0.4, 0.5) is 23.6 Å². The van der Waals surface area contributed by atoms with Crippen LogP contribution in [-0.4, -0.2) is 46.2 Å². The maximum absolute atomic E-state index is 14.5. The normalized spacial score (nSPS) is 13.1. The van der Waals surface area contributed by atoms with Crippen molar-refractivity contribution in [2.75, 3.05) is 18.9 Å². The third-order valence-electron chi connectivity index (χ3n) is 5.95. The molecule has 4 aromatic rings. The predicted octanol–water partition coefficient (Wildman–Crippen LogP) is 3.87. The topological polar surface area (TPSA) is 167 Å². The molecule has 1 atom stereocenters. The monoisotopic (exact) mass is 595 g/mol. The van der Waals surface area contributed by atoms with Crippen LogP contribution in [0.25, 0.3) is 22.4 Å². The van der Waals surface area contributed by atoms with Gasteiger partial charge in [-0.05, 0) is 49.4 Å². The number of aliphatic hydroxyl groups is 1. The standard InChI is InChI=1S/C26H22ClF4N5O5/c1-2-40-22-13(10-19(32)37)9-18(35-20(22)12-3-5-15(28)6-4-12)25(39,26(29,30)31)11-34-23(38)14-7-16(27)21-17(8-14)41-24(33)36-21/h3-9,39H,2,10-11H2,1H3,(H2,32,37)(H2,33,36)(H,34,38)/t25-/m0/s1. The molecule has 2 amide bonds. The highest BCUT2D eigenvalue weighted by Gasteiger charge is 2.56. The van der Waals surface area contributed by atoms with Gasteiger partial charge in [-0.25, -0.2) is 9.37 Å².